The molecule has 5 heteroatoms. The first kappa shape index (κ1) is 17.0. The molecule has 0 saturated heterocycles. The maximum atomic E-state index is 11.8. The minimum Gasteiger partial charge on any atom is -0.331 e. The van der Waals surface area contributed by atoms with Gasteiger partial charge in [-0.1, -0.05) is 49.4 Å². The van der Waals surface area contributed by atoms with Crippen molar-refractivity contribution < 1.29 is 4.79 Å². The number of anilines is 1. The summed E-state index contributed by atoms with van der Waals surface area (Å²) in [6.07, 6.45) is 2.11. The summed E-state index contributed by atoms with van der Waals surface area (Å²) in [4.78, 5) is 11.8. The Morgan fingerprint density at radius 3 is 2.30 bits per heavy atom. The number of amides is 1. The molecule has 3 N–H and O–H groups in total. The minimum absolute atomic E-state index is 0.0978. The van der Waals surface area contributed by atoms with Gasteiger partial charge in [-0.25, -0.2) is 0 Å². The molecular formula is C18H21N3OS. The second-order valence-corrected chi connectivity index (χ2v) is 5.57. The molecule has 2 aromatic carbocycles. The minimum atomic E-state index is -0.0978. The van der Waals surface area contributed by atoms with Crippen LogP contribution < -0.4 is 16.2 Å². The Hall–Kier alpha value is -2.40. The van der Waals surface area contributed by atoms with Crippen LogP contribution in [-0.4, -0.2) is 11.0 Å². The standard InChI is InChI=1S/C18H21N3OS/c1-2-14-8-11-16(12-9-14)19-18(23)21-20-17(22)13-10-15-6-4-3-5-7-15/h3-9,11-12H,2,10,13H2,1H3,(H,20,22)(H2,19,21,23). The summed E-state index contributed by atoms with van der Waals surface area (Å²) in [5.41, 5.74) is 8.61. The lowest BCUT2D eigenvalue weighted by Gasteiger charge is -2.12. The molecule has 0 bridgehead atoms. The maximum Gasteiger partial charge on any atom is 0.238 e. The predicted octanol–water partition coefficient (Wildman–Crippen LogP) is 3.20. The SMILES string of the molecule is CCc1ccc(NC(=S)NNC(=O)CCc2ccccc2)cc1. The molecule has 0 saturated carbocycles. The molecule has 23 heavy (non-hydrogen) atoms. The van der Waals surface area contributed by atoms with Gasteiger partial charge in [0.05, 0.1) is 0 Å². The molecule has 0 aromatic heterocycles. The number of aryl methyl sites for hydroxylation is 2. The van der Waals surface area contributed by atoms with Crippen LogP contribution in [0.15, 0.2) is 54.6 Å². The summed E-state index contributed by atoms with van der Waals surface area (Å²) < 4.78 is 0. The molecule has 0 fully saturated rings. The number of carbonyl (C=O) groups is 1. The second kappa shape index (κ2) is 8.90. The molecule has 0 unspecified atom stereocenters. The fourth-order valence-corrected chi connectivity index (χ4v) is 2.25. The number of thiocarbonyl (C=S) groups is 1. The zero-order valence-corrected chi connectivity index (χ0v) is 14.0. The highest BCUT2D eigenvalue weighted by atomic mass is 32.1. The predicted molar refractivity (Wildman–Crippen MR) is 98.1 cm³/mol. The molecule has 1 amide bonds. The van der Waals surface area contributed by atoms with Crippen LogP contribution >= 0.6 is 12.2 Å². The number of carbonyl (C=O) groups excluding carboxylic acids is 1. The maximum absolute atomic E-state index is 11.8. The van der Waals surface area contributed by atoms with Crippen LogP contribution in [0.3, 0.4) is 0 Å². The van der Waals surface area contributed by atoms with Gasteiger partial charge in [0.15, 0.2) is 5.11 Å². The van der Waals surface area contributed by atoms with E-state index in [2.05, 4.69) is 23.1 Å². The van der Waals surface area contributed by atoms with Crippen LogP contribution in [0.2, 0.25) is 0 Å². The molecule has 0 aliphatic rings. The molecule has 0 aliphatic heterocycles. The molecule has 0 heterocycles. The zero-order chi connectivity index (χ0) is 16.5. The second-order valence-electron chi connectivity index (χ2n) is 5.16. The highest BCUT2D eigenvalue weighted by molar-refractivity contribution is 7.80. The van der Waals surface area contributed by atoms with Crippen molar-refractivity contribution in [2.24, 2.45) is 0 Å². The van der Waals surface area contributed by atoms with Gasteiger partial charge in [0.25, 0.3) is 0 Å². The number of nitrogens with one attached hydrogen (secondary N) is 3. The van der Waals surface area contributed by atoms with Crippen molar-refractivity contribution in [2.75, 3.05) is 5.32 Å². The van der Waals surface area contributed by atoms with E-state index in [0.717, 1.165) is 17.7 Å². The molecule has 0 atom stereocenters. The Labute approximate surface area is 142 Å². The third kappa shape index (κ3) is 6.08. The van der Waals surface area contributed by atoms with Gasteiger partial charge >= 0.3 is 0 Å². The summed E-state index contributed by atoms with van der Waals surface area (Å²) in [5, 5.41) is 3.39. The Morgan fingerprint density at radius 2 is 1.65 bits per heavy atom. The van der Waals surface area contributed by atoms with Crippen molar-refractivity contribution in [3.8, 4) is 0 Å². The van der Waals surface area contributed by atoms with Crippen molar-refractivity contribution in [3.05, 3.63) is 65.7 Å². The van der Waals surface area contributed by atoms with Crippen molar-refractivity contribution in [3.63, 3.8) is 0 Å². The third-order valence-electron chi connectivity index (χ3n) is 3.42. The molecule has 2 rings (SSSR count). The van der Waals surface area contributed by atoms with Crippen LogP contribution in [0.5, 0.6) is 0 Å². The Bertz CT molecular complexity index is 641. The molecule has 0 aliphatic carbocycles. The normalized spacial score (nSPS) is 9.96. The highest BCUT2D eigenvalue weighted by Gasteiger charge is 2.03. The summed E-state index contributed by atoms with van der Waals surface area (Å²) >= 11 is 5.16. The van der Waals surface area contributed by atoms with Crippen LogP contribution in [0, 0.1) is 0 Å². The first-order chi connectivity index (χ1) is 11.2. The number of rotatable bonds is 5. The van der Waals surface area contributed by atoms with Gasteiger partial charge in [-0.3, -0.25) is 15.6 Å². The van der Waals surface area contributed by atoms with E-state index in [0.29, 0.717) is 18.0 Å². The monoisotopic (exact) mass is 327 g/mol. The van der Waals surface area contributed by atoms with Crippen LogP contribution in [-0.2, 0) is 17.6 Å². The molecule has 2 aromatic rings. The summed E-state index contributed by atoms with van der Waals surface area (Å²) in [7, 11) is 0. The Balaban J connectivity index is 1.69. The van der Waals surface area contributed by atoms with Gasteiger partial charge in [-0.05, 0) is 48.3 Å². The summed E-state index contributed by atoms with van der Waals surface area (Å²) in [6.45, 7) is 2.11. The van der Waals surface area contributed by atoms with Gasteiger partial charge in [0, 0.05) is 12.1 Å². The van der Waals surface area contributed by atoms with Crippen molar-refractivity contribution in [1.29, 1.82) is 0 Å². The number of hydrogen-bond donors (Lipinski definition) is 3. The first-order valence-corrected chi connectivity index (χ1v) is 8.07. The third-order valence-corrected chi connectivity index (χ3v) is 3.62. The Kier molecular flexibility index (Phi) is 6.56. The fraction of sp³-hybridized carbons (Fsp3) is 0.222. The number of hydrogen-bond acceptors (Lipinski definition) is 2. The number of benzene rings is 2. The lowest BCUT2D eigenvalue weighted by Crippen LogP contribution is -2.43. The average Bonchev–Trinajstić information content (AvgIpc) is 2.60. The van der Waals surface area contributed by atoms with Crippen molar-refractivity contribution in [1.82, 2.24) is 10.9 Å². The largest absolute Gasteiger partial charge is 0.331 e. The van der Waals surface area contributed by atoms with E-state index in [9.17, 15) is 4.79 Å². The van der Waals surface area contributed by atoms with Gasteiger partial charge in [-0.2, -0.15) is 0 Å². The van der Waals surface area contributed by atoms with Gasteiger partial charge in [-0.15, -0.1) is 0 Å². The van der Waals surface area contributed by atoms with E-state index < -0.39 is 0 Å². The zero-order valence-electron chi connectivity index (χ0n) is 13.1. The number of hydrazine groups is 1. The van der Waals surface area contributed by atoms with E-state index >= 15 is 0 Å². The van der Waals surface area contributed by atoms with Crippen molar-refractivity contribution >= 4 is 28.9 Å². The van der Waals surface area contributed by atoms with Crippen LogP contribution in [0.1, 0.15) is 24.5 Å². The fourth-order valence-electron chi connectivity index (χ4n) is 2.08. The van der Waals surface area contributed by atoms with Gasteiger partial charge in [0.1, 0.15) is 0 Å². The Morgan fingerprint density at radius 1 is 0.957 bits per heavy atom. The summed E-state index contributed by atoms with van der Waals surface area (Å²) in [5.74, 6) is -0.0978. The van der Waals surface area contributed by atoms with E-state index in [1.165, 1.54) is 5.56 Å². The van der Waals surface area contributed by atoms with E-state index in [-0.39, 0.29) is 5.91 Å². The van der Waals surface area contributed by atoms with E-state index in [1.54, 1.807) is 0 Å². The first-order valence-electron chi connectivity index (χ1n) is 7.66. The molecular weight excluding hydrogens is 306 g/mol. The quantitative estimate of drug-likeness (QED) is 0.583. The van der Waals surface area contributed by atoms with Crippen LogP contribution in [0.25, 0.3) is 0 Å². The topological polar surface area (TPSA) is 53.2 Å². The van der Waals surface area contributed by atoms with Gasteiger partial charge in [0.2, 0.25) is 5.91 Å². The van der Waals surface area contributed by atoms with Crippen LogP contribution in [0.4, 0.5) is 5.69 Å². The molecule has 4 nitrogen and oxygen atoms in total. The molecule has 120 valence electrons. The van der Waals surface area contributed by atoms with E-state index in [4.69, 9.17) is 12.2 Å². The lowest BCUT2D eigenvalue weighted by atomic mass is 10.1. The summed E-state index contributed by atoms with van der Waals surface area (Å²) in [6, 6.07) is 17.9. The lowest BCUT2D eigenvalue weighted by molar-refractivity contribution is -0.121. The van der Waals surface area contributed by atoms with Crippen molar-refractivity contribution in [2.45, 2.75) is 26.2 Å². The smallest absolute Gasteiger partial charge is 0.238 e. The molecule has 0 spiro atoms. The highest BCUT2D eigenvalue weighted by Crippen LogP contribution is 2.09. The molecule has 0 radical (unpaired) electrons. The van der Waals surface area contributed by atoms with Gasteiger partial charge < -0.3 is 5.32 Å². The van der Waals surface area contributed by atoms with E-state index in [1.807, 2.05) is 54.6 Å². The average molecular weight is 327 g/mol.